The van der Waals surface area contributed by atoms with Crippen LogP contribution in [-0.2, 0) is 14.3 Å². The third-order valence-electron chi connectivity index (χ3n) is 2.62. The maximum atomic E-state index is 11.8. The number of methoxy groups -OCH3 is 1. The largest absolute Gasteiger partial charge is 0.469 e. The molecule has 0 spiro atoms. The van der Waals surface area contributed by atoms with Crippen LogP contribution in [0.15, 0.2) is 16.5 Å². The minimum atomic E-state index is -0.586. The number of hydrogen-bond donors (Lipinski definition) is 0. The van der Waals surface area contributed by atoms with Gasteiger partial charge in [0.15, 0.2) is 11.5 Å². The van der Waals surface area contributed by atoms with E-state index in [9.17, 15) is 14.4 Å². The van der Waals surface area contributed by atoms with Gasteiger partial charge in [0.25, 0.3) is 0 Å². The zero-order valence-electron chi connectivity index (χ0n) is 11.6. The van der Waals surface area contributed by atoms with Crippen LogP contribution in [0.3, 0.4) is 0 Å². The average Bonchev–Trinajstić information content (AvgIpc) is 2.93. The van der Waals surface area contributed by atoms with E-state index in [0.29, 0.717) is 12.8 Å². The van der Waals surface area contributed by atoms with Crippen LogP contribution in [0.1, 0.15) is 53.7 Å². The Morgan fingerprint density at radius 3 is 2.40 bits per heavy atom. The van der Waals surface area contributed by atoms with Gasteiger partial charge < -0.3 is 13.9 Å². The van der Waals surface area contributed by atoms with E-state index in [-0.39, 0.29) is 42.7 Å². The van der Waals surface area contributed by atoms with Crippen LogP contribution < -0.4 is 0 Å². The molecule has 0 saturated heterocycles. The first kappa shape index (κ1) is 15.9. The Kier molecular flexibility index (Phi) is 6.49. The predicted molar refractivity (Wildman–Crippen MR) is 69.5 cm³/mol. The number of furan rings is 1. The van der Waals surface area contributed by atoms with Gasteiger partial charge in [-0.05, 0) is 31.9 Å². The van der Waals surface area contributed by atoms with Crippen LogP contribution in [0.5, 0.6) is 0 Å². The number of ether oxygens (including phenoxy) is 2. The first-order valence-corrected chi connectivity index (χ1v) is 6.45. The number of Topliss-reactive ketones (excluding diaryl/α,β-unsaturated/α-hetero) is 1. The van der Waals surface area contributed by atoms with Gasteiger partial charge in [0.2, 0.25) is 5.76 Å². The van der Waals surface area contributed by atoms with Crippen molar-refractivity contribution >= 4 is 17.7 Å². The fourth-order valence-electron chi connectivity index (χ4n) is 1.58. The number of rotatable bonds is 8. The molecular formula is C14H18O6. The van der Waals surface area contributed by atoms with Crippen LogP contribution >= 0.6 is 0 Å². The minimum Gasteiger partial charge on any atom is -0.469 e. The topological polar surface area (TPSA) is 82.8 Å². The van der Waals surface area contributed by atoms with E-state index >= 15 is 0 Å². The number of ketones is 1. The normalized spacial score (nSPS) is 10.1. The summed E-state index contributed by atoms with van der Waals surface area (Å²) in [6.07, 6.45) is 1.68. The number of carbonyl (C=O) groups excluding carboxylic acids is 3. The van der Waals surface area contributed by atoms with E-state index in [1.807, 2.05) is 0 Å². The van der Waals surface area contributed by atoms with Gasteiger partial charge in [0.1, 0.15) is 0 Å². The average molecular weight is 282 g/mol. The Morgan fingerprint density at radius 2 is 1.75 bits per heavy atom. The lowest BCUT2D eigenvalue weighted by Crippen LogP contribution is -2.03. The smallest absolute Gasteiger partial charge is 0.374 e. The Labute approximate surface area is 117 Å². The highest BCUT2D eigenvalue weighted by Crippen LogP contribution is 2.13. The Balaban J connectivity index is 2.40. The van der Waals surface area contributed by atoms with Crippen LogP contribution in [0.2, 0.25) is 0 Å². The number of carbonyl (C=O) groups is 3. The maximum absolute atomic E-state index is 11.8. The molecule has 0 aliphatic carbocycles. The summed E-state index contributed by atoms with van der Waals surface area (Å²) < 4.78 is 14.4. The first-order valence-electron chi connectivity index (χ1n) is 6.45. The highest BCUT2D eigenvalue weighted by molar-refractivity contribution is 5.95. The lowest BCUT2D eigenvalue weighted by atomic mass is 10.1. The van der Waals surface area contributed by atoms with Crippen molar-refractivity contribution in [3.63, 3.8) is 0 Å². The van der Waals surface area contributed by atoms with Crippen LogP contribution in [0.4, 0.5) is 0 Å². The third kappa shape index (κ3) is 4.87. The summed E-state index contributed by atoms with van der Waals surface area (Å²) in [6, 6.07) is 2.87. The monoisotopic (exact) mass is 282 g/mol. The fraction of sp³-hybridized carbons (Fsp3) is 0.500. The van der Waals surface area contributed by atoms with Gasteiger partial charge in [0.05, 0.1) is 13.7 Å². The zero-order chi connectivity index (χ0) is 15.0. The molecule has 1 aromatic rings. The molecule has 0 fully saturated rings. The van der Waals surface area contributed by atoms with E-state index in [1.165, 1.54) is 19.2 Å². The predicted octanol–water partition coefficient (Wildman–Crippen LogP) is 2.37. The lowest BCUT2D eigenvalue weighted by molar-refractivity contribution is -0.140. The van der Waals surface area contributed by atoms with Crippen molar-refractivity contribution in [1.29, 1.82) is 0 Å². The first-order chi connectivity index (χ1) is 9.58. The molecule has 0 N–H and O–H groups in total. The Morgan fingerprint density at radius 1 is 1.10 bits per heavy atom. The zero-order valence-corrected chi connectivity index (χ0v) is 11.6. The minimum absolute atomic E-state index is 0.0183. The lowest BCUT2D eigenvalue weighted by Gasteiger charge is -1.99. The highest BCUT2D eigenvalue weighted by atomic mass is 16.5. The Hall–Kier alpha value is -2.11. The summed E-state index contributed by atoms with van der Waals surface area (Å²) in [5, 5.41) is 0. The molecule has 6 nitrogen and oxygen atoms in total. The molecule has 6 heteroatoms. The second-order valence-electron chi connectivity index (χ2n) is 4.09. The van der Waals surface area contributed by atoms with Gasteiger partial charge in [0, 0.05) is 12.8 Å². The van der Waals surface area contributed by atoms with E-state index in [1.54, 1.807) is 6.92 Å². The molecule has 0 amide bonds. The number of unbranched alkanes of at least 4 members (excludes halogenated alkanes) is 1. The van der Waals surface area contributed by atoms with Crippen molar-refractivity contribution in [2.75, 3.05) is 13.7 Å². The Bertz CT molecular complexity index is 474. The molecule has 1 heterocycles. The molecule has 0 bridgehead atoms. The molecule has 1 rings (SSSR count). The van der Waals surface area contributed by atoms with Crippen LogP contribution in [0.25, 0.3) is 0 Å². The third-order valence-corrected chi connectivity index (χ3v) is 2.62. The molecule has 0 saturated carbocycles. The molecule has 110 valence electrons. The maximum Gasteiger partial charge on any atom is 0.374 e. The summed E-state index contributed by atoms with van der Waals surface area (Å²) >= 11 is 0. The van der Waals surface area contributed by atoms with Crippen molar-refractivity contribution in [1.82, 2.24) is 0 Å². The van der Waals surface area contributed by atoms with Crippen molar-refractivity contribution in [3.05, 3.63) is 23.7 Å². The molecule has 0 aliphatic rings. The quantitative estimate of drug-likeness (QED) is 0.413. The fourth-order valence-corrected chi connectivity index (χ4v) is 1.58. The van der Waals surface area contributed by atoms with Crippen LogP contribution in [0, 0.1) is 0 Å². The van der Waals surface area contributed by atoms with E-state index in [4.69, 9.17) is 9.15 Å². The summed E-state index contributed by atoms with van der Waals surface area (Å²) in [5.41, 5.74) is 0. The van der Waals surface area contributed by atoms with Gasteiger partial charge in [-0.1, -0.05) is 0 Å². The summed E-state index contributed by atoms with van der Waals surface area (Å²) in [6.45, 7) is 1.94. The second kappa shape index (κ2) is 8.14. The summed E-state index contributed by atoms with van der Waals surface area (Å²) in [4.78, 5) is 34.1. The van der Waals surface area contributed by atoms with E-state index in [2.05, 4.69) is 4.74 Å². The second-order valence-corrected chi connectivity index (χ2v) is 4.09. The molecule has 1 aromatic heterocycles. The summed E-state index contributed by atoms with van der Waals surface area (Å²) in [5.74, 6) is -0.932. The van der Waals surface area contributed by atoms with Crippen molar-refractivity contribution in [3.8, 4) is 0 Å². The standard InChI is InChI=1S/C14H18O6/c1-3-19-14(17)12-9-8-11(20-12)10(15)6-4-5-7-13(16)18-2/h8-9H,3-7H2,1-2H3. The van der Waals surface area contributed by atoms with Crippen molar-refractivity contribution in [2.45, 2.75) is 32.6 Å². The molecule has 0 aliphatic heterocycles. The molecule has 0 atom stereocenters. The summed E-state index contributed by atoms with van der Waals surface area (Å²) in [7, 11) is 1.33. The molecule has 0 radical (unpaired) electrons. The molecule has 0 aromatic carbocycles. The van der Waals surface area contributed by atoms with Gasteiger partial charge in [-0.2, -0.15) is 0 Å². The van der Waals surface area contributed by atoms with Crippen molar-refractivity contribution < 1.29 is 28.3 Å². The molecular weight excluding hydrogens is 264 g/mol. The van der Waals surface area contributed by atoms with E-state index < -0.39 is 5.97 Å². The van der Waals surface area contributed by atoms with Gasteiger partial charge >= 0.3 is 11.9 Å². The van der Waals surface area contributed by atoms with Gasteiger partial charge in [-0.25, -0.2) is 4.79 Å². The van der Waals surface area contributed by atoms with Crippen LogP contribution in [-0.4, -0.2) is 31.4 Å². The molecule has 0 unspecified atom stereocenters. The van der Waals surface area contributed by atoms with Crippen molar-refractivity contribution in [2.24, 2.45) is 0 Å². The SMILES string of the molecule is CCOC(=O)c1ccc(C(=O)CCCCC(=O)OC)o1. The van der Waals surface area contributed by atoms with Gasteiger partial charge in [-0.3, -0.25) is 9.59 Å². The van der Waals surface area contributed by atoms with Gasteiger partial charge in [-0.15, -0.1) is 0 Å². The number of hydrogen-bond acceptors (Lipinski definition) is 6. The number of esters is 2. The highest BCUT2D eigenvalue weighted by Gasteiger charge is 2.16. The molecule has 20 heavy (non-hydrogen) atoms. The van der Waals surface area contributed by atoms with E-state index in [0.717, 1.165) is 0 Å².